The van der Waals surface area contributed by atoms with Crippen molar-refractivity contribution in [1.82, 2.24) is 20.4 Å². The van der Waals surface area contributed by atoms with E-state index in [1.165, 1.54) is 23.3 Å². The molecule has 4 rings (SSSR count). The van der Waals surface area contributed by atoms with E-state index in [-0.39, 0.29) is 11.9 Å². The van der Waals surface area contributed by atoms with Crippen molar-refractivity contribution in [3.63, 3.8) is 0 Å². The summed E-state index contributed by atoms with van der Waals surface area (Å²) in [6, 6.07) is 12.5. The van der Waals surface area contributed by atoms with Gasteiger partial charge in [-0.3, -0.25) is 9.69 Å². The van der Waals surface area contributed by atoms with Crippen LogP contribution in [0.3, 0.4) is 0 Å². The van der Waals surface area contributed by atoms with Crippen LogP contribution < -0.4 is 5.32 Å². The van der Waals surface area contributed by atoms with Crippen LogP contribution in [0, 0.1) is 12.8 Å². The van der Waals surface area contributed by atoms with Crippen LogP contribution in [0.5, 0.6) is 0 Å². The summed E-state index contributed by atoms with van der Waals surface area (Å²) in [5.74, 6) is 1.86. The molecule has 1 aromatic carbocycles. The van der Waals surface area contributed by atoms with Crippen LogP contribution in [-0.4, -0.2) is 40.6 Å². The molecule has 31 heavy (non-hydrogen) atoms. The average Bonchev–Trinajstić information content (AvgIpc) is 3.47. The second kappa shape index (κ2) is 10.2. The van der Waals surface area contributed by atoms with Crippen molar-refractivity contribution in [2.75, 3.05) is 19.6 Å². The largest absolute Gasteiger partial charge is 0.354 e. The van der Waals surface area contributed by atoms with Gasteiger partial charge in [-0.05, 0) is 50.2 Å². The van der Waals surface area contributed by atoms with E-state index in [0.717, 1.165) is 24.6 Å². The minimum Gasteiger partial charge on any atom is -0.354 e. The quantitative estimate of drug-likeness (QED) is 0.555. The molecular formula is C24H30N4O2S. The van der Waals surface area contributed by atoms with E-state index >= 15 is 0 Å². The Kier molecular flexibility index (Phi) is 7.14. The Bertz CT molecular complexity index is 960. The molecule has 0 spiro atoms. The summed E-state index contributed by atoms with van der Waals surface area (Å²) in [5, 5.41) is 9.29. The number of aromatic nitrogens is 2. The van der Waals surface area contributed by atoms with Gasteiger partial charge < -0.3 is 9.84 Å². The van der Waals surface area contributed by atoms with Gasteiger partial charge in [-0.1, -0.05) is 48.0 Å². The molecule has 1 aliphatic rings. The lowest BCUT2D eigenvalue weighted by atomic mass is 9.97. The maximum Gasteiger partial charge on any atom is 0.227 e. The van der Waals surface area contributed by atoms with E-state index < -0.39 is 0 Å². The van der Waals surface area contributed by atoms with Crippen LogP contribution in [0.1, 0.15) is 48.6 Å². The zero-order chi connectivity index (χ0) is 21.6. The van der Waals surface area contributed by atoms with Crippen molar-refractivity contribution in [2.45, 2.75) is 45.6 Å². The van der Waals surface area contributed by atoms with Crippen LogP contribution in [0.2, 0.25) is 0 Å². The third kappa shape index (κ3) is 5.80. The Morgan fingerprint density at radius 1 is 1.26 bits per heavy atom. The van der Waals surface area contributed by atoms with Gasteiger partial charge in [0.05, 0.1) is 6.04 Å². The number of piperidine rings is 1. The average molecular weight is 439 g/mol. The molecule has 1 unspecified atom stereocenters. The first-order chi connectivity index (χ1) is 15.1. The first kappa shape index (κ1) is 21.7. The highest BCUT2D eigenvalue weighted by molar-refractivity contribution is 7.10. The molecule has 0 aliphatic carbocycles. The summed E-state index contributed by atoms with van der Waals surface area (Å²) >= 11 is 1.76. The summed E-state index contributed by atoms with van der Waals surface area (Å²) in [4.78, 5) is 20.8. The topological polar surface area (TPSA) is 71.3 Å². The number of thiophene rings is 1. The van der Waals surface area contributed by atoms with Crippen molar-refractivity contribution >= 4 is 17.2 Å². The number of likely N-dealkylation sites (tertiary alicyclic amines) is 1. The molecule has 1 fully saturated rings. The normalized spacial score (nSPS) is 16.3. The van der Waals surface area contributed by atoms with Crippen molar-refractivity contribution < 1.29 is 9.32 Å². The van der Waals surface area contributed by atoms with Gasteiger partial charge in [0, 0.05) is 29.8 Å². The van der Waals surface area contributed by atoms with Gasteiger partial charge in [0.2, 0.25) is 17.6 Å². The lowest BCUT2D eigenvalue weighted by molar-refractivity contribution is -0.121. The molecule has 1 N–H and O–H groups in total. The van der Waals surface area contributed by atoms with Crippen molar-refractivity contribution in [3.05, 3.63) is 58.1 Å². The highest BCUT2D eigenvalue weighted by Crippen LogP contribution is 2.29. The van der Waals surface area contributed by atoms with Gasteiger partial charge in [0.1, 0.15) is 0 Å². The molecule has 1 saturated heterocycles. The Balaban J connectivity index is 1.29. The maximum atomic E-state index is 12.5. The van der Waals surface area contributed by atoms with Gasteiger partial charge >= 0.3 is 0 Å². The van der Waals surface area contributed by atoms with Crippen LogP contribution in [0.4, 0.5) is 0 Å². The van der Waals surface area contributed by atoms with Crippen LogP contribution in [0.15, 0.2) is 46.3 Å². The van der Waals surface area contributed by atoms with Crippen LogP contribution in [0.25, 0.3) is 11.4 Å². The predicted molar refractivity (Wildman–Crippen MR) is 123 cm³/mol. The summed E-state index contributed by atoms with van der Waals surface area (Å²) < 4.78 is 5.34. The van der Waals surface area contributed by atoms with E-state index in [0.29, 0.717) is 31.1 Å². The molecule has 1 aliphatic heterocycles. The monoisotopic (exact) mass is 438 g/mol. The molecule has 6 nitrogen and oxygen atoms in total. The molecule has 0 saturated carbocycles. The van der Waals surface area contributed by atoms with E-state index in [4.69, 9.17) is 4.52 Å². The number of hydrogen-bond donors (Lipinski definition) is 1. The van der Waals surface area contributed by atoms with E-state index in [1.54, 1.807) is 11.3 Å². The lowest BCUT2D eigenvalue weighted by Crippen LogP contribution is -2.41. The highest BCUT2D eigenvalue weighted by Gasteiger charge is 2.25. The Morgan fingerprint density at radius 3 is 2.74 bits per heavy atom. The number of aryl methyl sites for hydroxylation is 2. The zero-order valence-corrected chi connectivity index (χ0v) is 19.0. The first-order valence-electron chi connectivity index (χ1n) is 11.0. The number of nitrogens with zero attached hydrogens (tertiary/aromatic N) is 3. The minimum absolute atomic E-state index is 0.0158. The molecule has 3 heterocycles. The highest BCUT2D eigenvalue weighted by atomic mass is 32.1. The number of benzene rings is 1. The van der Waals surface area contributed by atoms with Gasteiger partial charge in [-0.15, -0.1) is 11.3 Å². The van der Waals surface area contributed by atoms with E-state index in [2.05, 4.69) is 44.8 Å². The van der Waals surface area contributed by atoms with Gasteiger partial charge in [-0.25, -0.2) is 0 Å². The fraction of sp³-hybridized carbons (Fsp3) is 0.458. The first-order valence-corrected chi connectivity index (χ1v) is 11.9. The molecule has 2 aromatic heterocycles. The summed E-state index contributed by atoms with van der Waals surface area (Å²) in [5.41, 5.74) is 2.10. The van der Waals surface area contributed by atoms with Gasteiger partial charge in [0.15, 0.2) is 0 Å². The third-order valence-electron chi connectivity index (χ3n) is 5.97. The summed E-state index contributed by atoms with van der Waals surface area (Å²) in [6.07, 6.45) is 3.21. The van der Waals surface area contributed by atoms with Crippen molar-refractivity contribution in [3.8, 4) is 11.4 Å². The summed E-state index contributed by atoms with van der Waals surface area (Å²) in [7, 11) is 0. The van der Waals surface area contributed by atoms with Gasteiger partial charge in [0.25, 0.3) is 0 Å². The molecule has 0 bridgehead atoms. The lowest BCUT2D eigenvalue weighted by Gasteiger charge is -2.36. The number of hydrogen-bond acceptors (Lipinski definition) is 6. The Labute approximate surface area is 187 Å². The van der Waals surface area contributed by atoms with Crippen LogP contribution in [-0.2, 0) is 11.2 Å². The van der Waals surface area contributed by atoms with E-state index in [1.807, 2.05) is 31.2 Å². The molecule has 3 aromatic rings. The van der Waals surface area contributed by atoms with E-state index in [9.17, 15) is 4.79 Å². The van der Waals surface area contributed by atoms with Gasteiger partial charge in [-0.2, -0.15) is 4.98 Å². The maximum absolute atomic E-state index is 12.5. The molecular weight excluding hydrogens is 408 g/mol. The van der Waals surface area contributed by atoms with Crippen molar-refractivity contribution in [2.24, 2.45) is 5.92 Å². The number of nitrogens with one attached hydrogen (secondary N) is 1. The van der Waals surface area contributed by atoms with Crippen molar-refractivity contribution in [1.29, 1.82) is 0 Å². The molecule has 1 amide bonds. The SMILES string of the molecule is Cc1ccc(-c2noc(CCC(=O)NCC(c3cccs3)N3CCC(C)CC3)n2)cc1. The smallest absolute Gasteiger partial charge is 0.227 e. The Hall–Kier alpha value is -2.51. The fourth-order valence-corrected chi connectivity index (χ4v) is 4.79. The fourth-order valence-electron chi connectivity index (χ4n) is 3.93. The number of carbonyl (C=O) groups is 1. The number of rotatable bonds is 8. The zero-order valence-electron chi connectivity index (χ0n) is 18.2. The third-order valence-corrected chi connectivity index (χ3v) is 6.94. The number of amides is 1. The second-order valence-electron chi connectivity index (χ2n) is 8.43. The molecule has 1 atom stereocenters. The summed E-state index contributed by atoms with van der Waals surface area (Å²) in [6.45, 7) is 7.17. The second-order valence-corrected chi connectivity index (χ2v) is 9.41. The molecule has 164 valence electrons. The number of carbonyl (C=O) groups excluding carboxylic acids is 1. The molecule has 0 radical (unpaired) electrons. The molecule has 7 heteroatoms. The Morgan fingerprint density at radius 2 is 2.03 bits per heavy atom. The van der Waals surface area contributed by atoms with Crippen LogP contribution >= 0.6 is 11.3 Å². The minimum atomic E-state index is 0.0158. The predicted octanol–water partition coefficient (Wildman–Crippen LogP) is 4.63. The standard InChI is InChI=1S/C24H30N4O2S/c1-17-5-7-19(8-6-17)24-26-23(30-27-24)10-9-22(29)25-16-20(21-4-3-15-31-21)28-13-11-18(2)12-14-28/h3-8,15,18,20H,9-14,16H2,1-2H3,(H,25,29).